The zero-order chi connectivity index (χ0) is 19.9. The van der Waals surface area contributed by atoms with Gasteiger partial charge in [0.2, 0.25) is 0 Å². The van der Waals surface area contributed by atoms with Gasteiger partial charge in [0.15, 0.2) is 0 Å². The number of halogens is 3. The van der Waals surface area contributed by atoms with E-state index in [1.165, 1.54) is 0 Å². The quantitative estimate of drug-likeness (QED) is 0.300. The highest BCUT2D eigenvalue weighted by Crippen LogP contribution is 2.28. The van der Waals surface area contributed by atoms with Gasteiger partial charge in [0.25, 0.3) is 0 Å². The largest absolute Gasteiger partial charge is 0.490 e. The predicted octanol–water partition coefficient (Wildman–Crippen LogP) is 6.46. The number of hydrogen-bond donors (Lipinski definition) is 0. The number of nitrogens with zero attached hydrogens (tertiary/aromatic N) is 2. The Labute approximate surface area is 179 Å². The van der Waals surface area contributed by atoms with Crippen molar-refractivity contribution >= 4 is 46.8 Å². The van der Waals surface area contributed by atoms with Gasteiger partial charge in [0, 0.05) is 34.4 Å². The summed E-state index contributed by atoms with van der Waals surface area (Å²) in [6.07, 6.45) is 6.28. The van der Waals surface area contributed by atoms with Gasteiger partial charge in [-0.05, 0) is 42.5 Å². The van der Waals surface area contributed by atoms with Crippen LogP contribution in [0.15, 0.2) is 54.9 Å². The molecule has 4 nitrogen and oxygen atoms in total. The molecule has 0 N–H and O–H groups in total. The fraction of sp³-hybridized carbons (Fsp3) is 0.190. The van der Waals surface area contributed by atoms with Crippen LogP contribution in [-0.2, 0) is 11.2 Å². The second-order valence-corrected chi connectivity index (χ2v) is 7.15. The molecular weight excluding hydrogens is 419 g/mol. The molecule has 3 rings (SSSR count). The number of rotatable bonds is 8. The van der Waals surface area contributed by atoms with E-state index >= 15 is 0 Å². The van der Waals surface area contributed by atoms with Crippen LogP contribution in [0.3, 0.4) is 0 Å². The minimum absolute atomic E-state index is 0.337. The van der Waals surface area contributed by atoms with Crippen LogP contribution in [0.4, 0.5) is 0 Å². The third-order valence-corrected chi connectivity index (χ3v) is 4.74. The average molecular weight is 438 g/mol. The number of aromatic nitrogens is 2. The molecule has 0 fully saturated rings. The highest BCUT2D eigenvalue weighted by molar-refractivity contribution is 6.35. The lowest BCUT2D eigenvalue weighted by Crippen LogP contribution is -2.07. The summed E-state index contributed by atoms with van der Waals surface area (Å²) in [4.78, 5) is 4.33. The molecule has 0 spiro atoms. The molecule has 146 valence electrons. The summed E-state index contributed by atoms with van der Waals surface area (Å²) in [5.74, 6) is 2.25. The lowest BCUT2D eigenvalue weighted by atomic mass is 10.2. The molecule has 0 atom stereocenters. The minimum Gasteiger partial charge on any atom is -0.490 e. The van der Waals surface area contributed by atoms with Crippen LogP contribution in [0.1, 0.15) is 18.3 Å². The summed E-state index contributed by atoms with van der Waals surface area (Å²) in [6, 6.07) is 12.5. The highest BCUT2D eigenvalue weighted by atomic mass is 35.5. The molecule has 0 aliphatic heterocycles. The number of benzene rings is 2. The molecule has 3 aromatic rings. The topological polar surface area (TPSA) is 36.3 Å². The van der Waals surface area contributed by atoms with Crippen molar-refractivity contribution in [1.82, 2.24) is 9.55 Å². The maximum atomic E-state index is 6.39. The van der Waals surface area contributed by atoms with Crippen molar-refractivity contribution in [2.24, 2.45) is 0 Å². The van der Waals surface area contributed by atoms with Gasteiger partial charge < -0.3 is 14.0 Å². The summed E-state index contributed by atoms with van der Waals surface area (Å²) in [6.45, 7) is 2.75. The molecule has 0 amide bonds. The molecule has 0 aliphatic rings. The van der Waals surface area contributed by atoms with E-state index in [0.29, 0.717) is 34.0 Å². The number of imidazole rings is 1. The Hall–Kier alpha value is -2.14. The van der Waals surface area contributed by atoms with Gasteiger partial charge in [0.1, 0.15) is 30.5 Å². The summed E-state index contributed by atoms with van der Waals surface area (Å²) in [7, 11) is 0. The summed E-state index contributed by atoms with van der Waals surface area (Å²) >= 11 is 18.3. The van der Waals surface area contributed by atoms with E-state index in [2.05, 4.69) is 4.98 Å². The Kier molecular flexibility index (Phi) is 7.26. The van der Waals surface area contributed by atoms with Crippen molar-refractivity contribution in [2.75, 3.05) is 13.2 Å². The molecular formula is C21H19Cl3N2O2. The lowest BCUT2D eigenvalue weighted by molar-refractivity contribution is 0.195. The van der Waals surface area contributed by atoms with Gasteiger partial charge in [0.05, 0.1) is 11.2 Å². The summed E-state index contributed by atoms with van der Waals surface area (Å²) in [5.41, 5.74) is 0.744. The van der Waals surface area contributed by atoms with Crippen molar-refractivity contribution in [3.63, 3.8) is 0 Å². The van der Waals surface area contributed by atoms with Crippen LogP contribution in [0.2, 0.25) is 15.1 Å². The molecule has 0 aliphatic carbocycles. The first-order chi connectivity index (χ1) is 13.6. The molecule has 0 unspecified atom stereocenters. The monoisotopic (exact) mass is 436 g/mol. The predicted molar refractivity (Wildman–Crippen MR) is 115 cm³/mol. The van der Waals surface area contributed by atoms with Gasteiger partial charge in [-0.1, -0.05) is 41.7 Å². The second-order valence-electron chi connectivity index (χ2n) is 5.87. The number of ether oxygens (including phenoxy) is 2. The van der Waals surface area contributed by atoms with Gasteiger partial charge in [-0.25, -0.2) is 4.98 Å². The molecule has 0 bridgehead atoms. The van der Waals surface area contributed by atoms with Crippen molar-refractivity contribution in [2.45, 2.75) is 13.3 Å². The van der Waals surface area contributed by atoms with Crippen molar-refractivity contribution < 1.29 is 9.47 Å². The molecule has 0 saturated heterocycles. The second kappa shape index (κ2) is 9.87. The first-order valence-corrected chi connectivity index (χ1v) is 9.90. The van der Waals surface area contributed by atoms with Gasteiger partial charge in [-0.3, -0.25) is 0 Å². The standard InChI is InChI=1S/C21H19Cl3N2O2/c1-2-21-25-9-10-26(21)14-20(18-8-5-16(23)13-19(18)24)28-12-11-27-17-6-3-15(22)4-7-17/h3-10,13-14H,2,11-12H2,1H3. The van der Waals surface area contributed by atoms with Gasteiger partial charge in [-0.15, -0.1) is 0 Å². The molecule has 2 aromatic carbocycles. The summed E-state index contributed by atoms with van der Waals surface area (Å²) < 4.78 is 13.6. The maximum Gasteiger partial charge on any atom is 0.144 e. The first-order valence-electron chi connectivity index (χ1n) is 8.77. The number of hydrogen-bond acceptors (Lipinski definition) is 3. The Bertz CT molecular complexity index is 953. The van der Waals surface area contributed by atoms with E-state index in [9.17, 15) is 0 Å². The van der Waals surface area contributed by atoms with Crippen LogP contribution in [0.25, 0.3) is 12.0 Å². The van der Waals surface area contributed by atoms with E-state index in [1.54, 1.807) is 30.5 Å². The van der Waals surface area contributed by atoms with Gasteiger partial charge in [-0.2, -0.15) is 0 Å². The Morgan fingerprint density at radius 2 is 1.79 bits per heavy atom. The normalized spacial score (nSPS) is 11.5. The SMILES string of the molecule is CCc1nccn1C=C(OCCOc1ccc(Cl)cc1)c1ccc(Cl)cc1Cl. The van der Waals surface area contributed by atoms with E-state index in [-0.39, 0.29) is 0 Å². The number of aryl methyl sites for hydroxylation is 1. The van der Waals surface area contributed by atoms with Crippen LogP contribution in [0.5, 0.6) is 5.75 Å². The van der Waals surface area contributed by atoms with Crippen LogP contribution in [0, 0.1) is 0 Å². The van der Waals surface area contributed by atoms with E-state index in [4.69, 9.17) is 44.3 Å². The molecule has 1 heterocycles. The van der Waals surface area contributed by atoms with Crippen LogP contribution in [-0.4, -0.2) is 22.8 Å². The van der Waals surface area contributed by atoms with E-state index < -0.39 is 0 Å². The Morgan fingerprint density at radius 3 is 2.50 bits per heavy atom. The van der Waals surface area contributed by atoms with Gasteiger partial charge >= 0.3 is 0 Å². The molecule has 0 saturated carbocycles. The maximum absolute atomic E-state index is 6.39. The Morgan fingerprint density at radius 1 is 1.04 bits per heavy atom. The van der Waals surface area contributed by atoms with E-state index in [0.717, 1.165) is 23.6 Å². The first kappa shape index (κ1) is 20.6. The summed E-state index contributed by atoms with van der Waals surface area (Å²) in [5, 5.41) is 1.74. The third-order valence-electron chi connectivity index (χ3n) is 3.94. The molecule has 1 aromatic heterocycles. The molecule has 0 radical (unpaired) electrons. The zero-order valence-electron chi connectivity index (χ0n) is 15.2. The minimum atomic E-state index is 0.337. The highest BCUT2D eigenvalue weighted by Gasteiger charge is 2.11. The smallest absolute Gasteiger partial charge is 0.144 e. The fourth-order valence-corrected chi connectivity index (χ4v) is 3.21. The average Bonchev–Trinajstić information content (AvgIpc) is 3.13. The van der Waals surface area contributed by atoms with Crippen molar-refractivity contribution in [3.05, 3.63) is 81.3 Å². The van der Waals surface area contributed by atoms with Crippen LogP contribution < -0.4 is 4.74 Å². The van der Waals surface area contributed by atoms with Crippen molar-refractivity contribution in [1.29, 1.82) is 0 Å². The van der Waals surface area contributed by atoms with Crippen molar-refractivity contribution in [3.8, 4) is 5.75 Å². The molecule has 28 heavy (non-hydrogen) atoms. The van der Waals surface area contributed by atoms with Crippen LogP contribution >= 0.6 is 34.8 Å². The van der Waals surface area contributed by atoms with E-state index in [1.807, 2.05) is 42.1 Å². The lowest BCUT2D eigenvalue weighted by Gasteiger charge is -2.14. The third kappa shape index (κ3) is 5.44. The Balaban J connectivity index is 1.75. The zero-order valence-corrected chi connectivity index (χ0v) is 17.5. The fourth-order valence-electron chi connectivity index (χ4n) is 2.58. The molecule has 7 heteroatoms.